The fourth-order valence-electron chi connectivity index (χ4n) is 0.708. The van der Waals surface area contributed by atoms with Crippen LogP contribution in [0.1, 0.15) is 25.7 Å². The lowest BCUT2D eigenvalue weighted by Gasteiger charge is -2.03. The number of hydrogen-bond acceptors (Lipinski definition) is 3. The summed E-state index contributed by atoms with van der Waals surface area (Å²) in [7, 11) is -1.63. The number of unbranched alkanes of at least 4 members (excludes halogenated alkanes) is 3. The van der Waals surface area contributed by atoms with Crippen molar-refractivity contribution in [2.75, 3.05) is 11.9 Å². The first-order chi connectivity index (χ1) is 5.27. The van der Waals surface area contributed by atoms with Gasteiger partial charge in [0.15, 0.2) is 0 Å². The van der Waals surface area contributed by atoms with Crippen LogP contribution in [0.2, 0.25) is 0 Å². The molecule has 0 spiro atoms. The van der Waals surface area contributed by atoms with E-state index in [-0.39, 0.29) is 0 Å². The SMILES string of the molecule is NP(O)OCCCCCCBr. The maximum Gasteiger partial charge on any atom is 0.250 e. The second-order valence-corrected chi connectivity index (χ2v) is 3.90. The Balaban J connectivity index is 2.80. The number of alkyl halides is 1. The molecule has 11 heavy (non-hydrogen) atoms. The molecule has 0 bridgehead atoms. The van der Waals surface area contributed by atoms with Crippen LogP contribution in [-0.2, 0) is 4.52 Å². The van der Waals surface area contributed by atoms with Crippen LogP contribution in [0.25, 0.3) is 0 Å². The molecule has 0 saturated carbocycles. The van der Waals surface area contributed by atoms with Crippen LogP contribution >= 0.6 is 24.5 Å². The molecule has 0 amide bonds. The molecule has 0 heterocycles. The lowest BCUT2D eigenvalue weighted by atomic mass is 10.2. The van der Waals surface area contributed by atoms with E-state index in [4.69, 9.17) is 14.9 Å². The van der Waals surface area contributed by atoms with Gasteiger partial charge in [0.25, 0.3) is 0 Å². The molecule has 0 aliphatic carbocycles. The molecule has 0 aromatic carbocycles. The Kier molecular flexibility index (Phi) is 9.52. The molecule has 0 rings (SSSR count). The number of rotatable bonds is 7. The Labute approximate surface area is 77.4 Å². The van der Waals surface area contributed by atoms with Crippen LogP contribution in [0, 0.1) is 0 Å². The van der Waals surface area contributed by atoms with Crippen molar-refractivity contribution >= 4 is 24.5 Å². The lowest BCUT2D eigenvalue weighted by Crippen LogP contribution is -1.95. The molecule has 0 aliphatic heterocycles. The molecule has 1 unspecified atom stereocenters. The van der Waals surface area contributed by atoms with Gasteiger partial charge in [-0.3, -0.25) is 5.50 Å². The van der Waals surface area contributed by atoms with Gasteiger partial charge in [0.1, 0.15) is 0 Å². The van der Waals surface area contributed by atoms with Crippen LogP contribution in [0.3, 0.4) is 0 Å². The van der Waals surface area contributed by atoms with Crippen LogP contribution in [0.5, 0.6) is 0 Å². The maximum atomic E-state index is 8.57. The average Bonchev–Trinajstić information content (AvgIpc) is 1.96. The second kappa shape index (κ2) is 8.88. The Hall–Kier alpha value is 0.790. The van der Waals surface area contributed by atoms with Crippen molar-refractivity contribution in [3.8, 4) is 0 Å². The molecule has 0 aromatic rings. The highest BCUT2D eigenvalue weighted by Gasteiger charge is 1.95. The third kappa shape index (κ3) is 10.8. The quantitative estimate of drug-likeness (QED) is 0.409. The minimum absolute atomic E-state index is 0.584. The van der Waals surface area contributed by atoms with Gasteiger partial charge in [0.05, 0.1) is 6.61 Å². The van der Waals surface area contributed by atoms with E-state index < -0.39 is 8.53 Å². The zero-order chi connectivity index (χ0) is 8.53. The fourth-order valence-corrected chi connectivity index (χ4v) is 1.42. The molecule has 68 valence electrons. The highest BCUT2D eigenvalue weighted by molar-refractivity contribution is 9.09. The minimum atomic E-state index is -1.63. The standard InChI is InChI=1S/C6H15BrNO2P/c7-5-3-1-2-4-6-10-11(8)9/h9H,1-6,8H2. The summed E-state index contributed by atoms with van der Waals surface area (Å²) in [5.74, 6) is 0. The van der Waals surface area contributed by atoms with Gasteiger partial charge in [-0.25, -0.2) is 0 Å². The third-order valence-electron chi connectivity index (χ3n) is 1.25. The molecule has 1 atom stereocenters. The summed E-state index contributed by atoms with van der Waals surface area (Å²) >= 11 is 3.35. The van der Waals surface area contributed by atoms with E-state index in [0.717, 1.165) is 18.2 Å². The third-order valence-corrected chi connectivity index (χ3v) is 2.26. The number of hydrogen-bond donors (Lipinski definition) is 2. The molecule has 0 fully saturated rings. The summed E-state index contributed by atoms with van der Waals surface area (Å²) in [6, 6.07) is 0. The van der Waals surface area contributed by atoms with Gasteiger partial charge in [0.2, 0.25) is 8.53 Å². The monoisotopic (exact) mass is 243 g/mol. The van der Waals surface area contributed by atoms with E-state index in [1.54, 1.807) is 0 Å². The zero-order valence-electron chi connectivity index (χ0n) is 6.50. The molecule has 5 heteroatoms. The Morgan fingerprint density at radius 3 is 2.45 bits per heavy atom. The molecule has 3 nitrogen and oxygen atoms in total. The van der Waals surface area contributed by atoms with Gasteiger partial charge >= 0.3 is 0 Å². The van der Waals surface area contributed by atoms with Crippen LogP contribution < -0.4 is 5.50 Å². The molecule has 0 aliphatic rings. The van der Waals surface area contributed by atoms with Crippen LogP contribution in [0.4, 0.5) is 0 Å². The van der Waals surface area contributed by atoms with E-state index in [1.807, 2.05) is 0 Å². The first-order valence-electron chi connectivity index (χ1n) is 3.70. The Bertz CT molecular complexity index is 85.0. The van der Waals surface area contributed by atoms with Crippen molar-refractivity contribution in [3.05, 3.63) is 0 Å². The van der Waals surface area contributed by atoms with Crippen molar-refractivity contribution in [1.82, 2.24) is 0 Å². The first-order valence-corrected chi connectivity index (χ1v) is 6.10. The minimum Gasteiger partial charge on any atom is -0.338 e. The smallest absolute Gasteiger partial charge is 0.250 e. The van der Waals surface area contributed by atoms with E-state index in [1.165, 1.54) is 12.8 Å². The number of halogens is 1. The highest BCUT2D eigenvalue weighted by Crippen LogP contribution is 2.19. The van der Waals surface area contributed by atoms with E-state index in [2.05, 4.69) is 15.9 Å². The first kappa shape index (κ1) is 11.8. The van der Waals surface area contributed by atoms with Gasteiger partial charge in [0, 0.05) is 5.33 Å². The summed E-state index contributed by atoms with van der Waals surface area (Å²) < 4.78 is 4.81. The fraction of sp³-hybridized carbons (Fsp3) is 1.00. The highest BCUT2D eigenvalue weighted by atomic mass is 79.9. The van der Waals surface area contributed by atoms with Crippen molar-refractivity contribution in [1.29, 1.82) is 0 Å². The van der Waals surface area contributed by atoms with Gasteiger partial charge in [-0.2, -0.15) is 0 Å². The summed E-state index contributed by atoms with van der Waals surface area (Å²) in [6.07, 6.45) is 4.55. The zero-order valence-corrected chi connectivity index (χ0v) is 8.98. The molecule has 3 N–H and O–H groups in total. The Morgan fingerprint density at radius 2 is 1.91 bits per heavy atom. The molecular formula is C6H15BrNO2P. The number of nitrogens with two attached hydrogens (primary N) is 1. The van der Waals surface area contributed by atoms with E-state index in [0.29, 0.717) is 6.61 Å². The predicted octanol–water partition coefficient (Wildman–Crippen LogP) is 2.14. The average molecular weight is 244 g/mol. The van der Waals surface area contributed by atoms with Gasteiger partial charge < -0.3 is 9.42 Å². The summed E-state index contributed by atoms with van der Waals surface area (Å²) in [4.78, 5) is 8.57. The van der Waals surface area contributed by atoms with Gasteiger partial charge in [-0.1, -0.05) is 28.8 Å². The largest absolute Gasteiger partial charge is 0.338 e. The molecule has 0 aromatic heterocycles. The summed E-state index contributed by atoms with van der Waals surface area (Å²) in [5, 5.41) is 1.07. The molecular weight excluding hydrogens is 229 g/mol. The van der Waals surface area contributed by atoms with Crippen molar-refractivity contribution in [2.24, 2.45) is 5.50 Å². The predicted molar refractivity (Wildman–Crippen MR) is 51.5 cm³/mol. The molecule has 0 saturated heterocycles. The van der Waals surface area contributed by atoms with Crippen LogP contribution in [0.15, 0.2) is 0 Å². The van der Waals surface area contributed by atoms with Crippen molar-refractivity contribution < 1.29 is 9.42 Å². The van der Waals surface area contributed by atoms with Crippen molar-refractivity contribution in [2.45, 2.75) is 25.7 Å². The van der Waals surface area contributed by atoms with Crippen LogP contribution in [-0.4, -0.2) is 16.8 Å². The van der Waals surface area contributed by atoms with Gasteiger partial charge in [-0.15, -0.1) is 0 Å². The summed E-state index contributed by atoms with van der Waals surface area (Å²) in [5.41, 5.74) is 5.02. The maximum absolute atomic E-state index is 8.57. The Morgan fingerprint density at radius 1 is 1.27 bits per heavy atom. The lowest BCUT2D eigenvalue weighted by molar-refractivity contribution is 0.299. The van der Waals surface area contributed by atoms with Crippen molar-refractivity contribution in [3.63, 3.8) is 0 Å². The van der Waals surface area contributed by atoms with Gasteiger partial charge in [-0.05, 0) is 12.8 Å². The van der Waals surface area contributed by atoms with E-state index in [9.17, 15) is 0 Å². The molecule has 0 radical (unpaired) electrons. The second-order valence-electron chi connectivity index (χ2n) is 2.24. The summed E-state index contributed by atoms with van der Waals surface area (Å²) in [6.45, 7) is 0.584. The van der Waals surface area contributed by atoms with E-state index >= 15 is 0 Å². The topological polar surface area (TPSA) is 55.5 Å². The normalized spacial score (nSPS) is 13.4.